The molecule has 0 radical (unpaired) electrons. The Morgan fingerprint density at radius 3 is 2.20 bits per heavy atom. The van der Waals surface area contributed by atoms with Gasteiger partial charge < -0.3 is 11.1 Å². The Balaban J connectivity index is 0.000000442. The van der Waals surface area contributed by atoms with Crippen LogP contribution in [0.3, 0.4) is 0 Å². The molecule has 3 atom stereocenters. The molecular weight excluding hydrogens is 184 g/mol. The lowest BCUT2D eigenvalue weighted by Crippen LogP contribution is -2.42. The first-order valence-electron chi connectivity index (χ1n) is 6.42. The van der Waals surface area contributed by atoms with Crippen molar-refractivity contribution in [3.8, 4) is 0 Å². The Labute approximate surface area is 95.3 Å². The first-order chi connectivity index (χ1) is 7.20. The zero-order valence-electron chi connectivity index (χ0n) is 11.2. The Morgan fingerprint density at radius 2 is 1.67 bits per heavy atom. The minimum atomic E-state index is 0.550. The second-order valence-electron chi connectivity index (χ2n) is 3.83. The summed E-state index contributed by atoms with van der Waals surface area (Å²) in [4.78, 5) is 0. The lowest BCUT2D eigenvalue weighted by molar-refractivity contribution is 0.424. The van der Waals surface area contributed by atoms with Gasteiger partial charge >= 0.3 is 0 Å². The van der Waals surface area contributed by atoms with Crippen molar-refractivity contribution in [2.45, 2.75) is 66.5 Å². The van der Waals surface area contributed by atoms with E-state index in [1.54, 1.807) is 0 Å². The van der Waals surface area contributed by atoms with E-state index >= 15 is 0 Å². The average molecular weight is 212 g/mol. The molecule has 3 N–H and O–H groups in total. The van der Waals surface area contributed by atoms with Crippen molar-refractivity contribution < 1.29 is 0 Å². The molecule has 90 valence electrons. The molecule has 2 aliphatic heterocycles. The van der Waals surface area contributed by atoms with Crippen molar-refractivity contribution in [3.05, 3.63) is 11.3 Å². The third-order valence-electron chi connectivity index (χ3n) is 3.25. The van der Waals surface area contributed by atoms with E-state index in [0.717, 1.165) is 5.70 Å². The second-order valence-corrected chi connectivity index (χ2v) is 3.83. The maximum Gasteiger partial charge on any atom is 0.0300 e. The van der Waals surface area contributed by atoms with Gasteiger partial charge in [-0.3, -0.25) is 0 Å². The third kappa shape index (κ3) is 2.97. The zero-order chi connectivity index (χ0) is 12.0. The fraction of sp³-hybridized carbons (Fsp3) is 0.846. The number of hydrogen-bond donors (Lipinski definition) is 2. The fourth-order valence-corrected chi connectivity index (χ4v) is 2.28. The first kappa shape index (κ1) is 14.5. The van der Waals surface area contributed by atoms with Crippen LogP contribution < -0.4 is 11.1 Å². The van der Waals surface area contributed by atoms with Gasteiger partial charge in [0.2, 0.25) is 0 Å². The summed E-state index contributed by atoms with van der Waals surface area (Å²) >= 11 is 0. The third-order valence-corrected chi connectivity index (χ3v) is 3.25. The van der Waals surface area contributed by atoms with Crippen LogP contribution in [-0.2, 0) is 0 Å². The molecule has 2 bridgehead atoms. The van der Waals surface area contributed by atoms with E-state index in [1.807, 2.05) is 27.7 Å². The van der Waals surface area contributed by atoms with Crippen LogP contribution >= 0.6 is 0 Å². The largest absolute Gasteiger partial charge is 0.402 e. The Morgan fingerprint density at radius 1 is 1.13 bits per heavy atom. The molecule has 2 heterocycles. The predicted molar refractivity (Wildman–Crippen MR) is 68.7 cm³/mol. The predicted octanol–water partition coefficient (Wildman–Crippen LogP) is 3.04. The molecule has 1 fully saturated rings. The Hall–Kier alpha value is -0.500. The van der Waals surface area contributed by atoms with E-state index in [4.69, 9.17) is 5.73 Å². The molecule has 0 spiro atoms. The number of rotatable bonds is 0. The molecule has 0 aromatic rings. The second kappa shape index (κ2) is 6.89. The number of nitrogens with one attached hydrogen (secondary N) is 1. The van der Waals surface area contributed by atoms with Crippen molar-refractivity contribution in [2.24, 2.45) is 11.7 Å². The number of fused-ring (bicyclic) bond motifs is 2. The summed E-state index contributed by atoms with van der Waals surface area (Å²) in [5.41, 5.74) is 8.50. The fourth-order valence-electron chi connectivity index (χ4n) is 2.28. The van der Waals surface area contributed by atoms with Gasteiger partial charge in [0.25, 0.3) is 0 Å². The lowest BCUT2D eigenvalue weighted by atomic mass is 9.93. The molecule has 0 saturated carbocycles. The zero-order valence-corrected chi connectivity index (χ0v) is 11.2. The lowest BCUT2D eigenvalue weighted by Gasteiger charge is -2.29. The van der Waals surface area contributed by atoms with Crippen LogP contribution in [0.1, 0.15) is 54.4 Å². The van der Waals surface area contributed by atoms with Crippen LogP contribution in [0.4, 0.5) is 0 Å². The standard InChI is InChI=1S/C9H16N2.2C2H6/c1-5-7-3-4-8(11-7)6(2)9(5)10;2*1-2/h5,7-8,11H,3-4,10H2,1-2H3;2*1-2H3. The van der Waals surface area contributed by atoms with E-state index in [2.05, 4.69) is 19.2 Å². The summed E-state index contributed by atoms with van der Waals surface area (Å²) in [5, 5.41) is 3.58. The van der Waals surface area contributed by atoms with Gasteiger partial charge in [0.05, 0.1) is 0 Å². The molecule has 0 amide bonds. The van der Waals surface area contributed by atoms with Crippen LogP contribution in [0.5, 0.6) is 0 Å². The van der Waals surface area contributed by atoms with Crippen molar-refractivity contribution in [1.82, 2.24) is 5.32 Å². The molecule has 2 aliphatic rings. The van der Waals surface area contributed by atoms with E-state index in [9.17, 15) is 0 Å². The highest BCUT2D eigenvalue weighted by Crippen LogP contribution is 2.32. The summed E-state index contributed by atoms with van der Waals surface area (Å²) < 4.78 is 0. The van der Waals surface area contributed by atoms with Crippen LogP contribution in [-0.4, -0.2) is 12.1 Å². The highest BCUT2D eigenvalue weighted by Gasteiger charge is 2.35. The van der Waals surface area contributed by atoms with Crippen molar-refractivity contribution in [3.63, 3.8) is 0 Å². The van der Waals surface area contributed by atoms with E-state index in [0.29, 0.717) is 18.0 Å². The first-order valence-corrected chi connectivity index (χ1v) is 6.42. The molecule has 3 unspecified atom stereocenters. The summed E-state index contributed by atoms with van der Waals surface area (Å²) in [6.07, 6.45) is 2.57. The molecule has 0 aromatic heterocycles. The monoisotopic (exact) mass is 212 g/mol. The van der Waals surface area contributed by atoms with Crippen molar-refractivity contribution in [1.29, 1.82) is 0 Å². The summed E-state index contributed by atoms with van der Waals surface area (Å²) in [6.45, 7) is 12.4. The molecule has 15 heavy (non-hydrogen) atoms. The van der Waals surface area contributed by atoms with Crippen LogP contribution in [0.15, 0.2) is 11.3 Å². The minimum absolute atomic E-state index is 0.550. The number of hydrogen-bond acceptors (Lipinski definition) is 2. The van der Waals surface area contributed by atoms with Gasteiger partial charge in [-0.1, -0.05) is 34.6 Å². The molecule has 1 saturated heterocycles. The normalized spacial score (nSPS) is 32.5. The van der Waals surface area contributed by atoms with E-state index in [1.165, 1.54) is 18.4 Å². The highest BCUT2D eigenvalue weighted by atomic mass is 15.0. The van der Waals surface area contributed by atoms with E-state index < -0.39 is 0 Å². The van der Waals surface area contributed by atoms with Gasteiger partial charge in [0, 0.05) is 23.7 Å². The maximum absolute atomic E-state index is 5.98. The molecular formula is C13H28N2. The maximum atomic E-state index is 5.98. The summed E-state index contributed by atoms with van der Waals surface area (Å²) in [6, 6.07) is 1.25. The van der Waals surface area contributed by atoms with Gasteiger partial charge in [-0.15, -0.1) is 0 Å². The topological polar surface area (TPSA) is 38.0 Å². The SMILES string of the molecule is CC.CC.CC1=C(N)C(C)C2CCC1N2. The van der Waals surface area contributed by atoms with Crippen molar-refractivity contribution >= 4 is 0 Å². The molecule has 2 heteroatoms. The van der Waals surface area contributed by atoms with Gasteiger partial charge in [0.1, 0.15) is 0 Å². The summed E-state index contributed by atoms with van der Waals surface area (Å²) in [7, 11) is 0. The quantitative estimate of drug-likeness (QED) is 0.647. The molecule has 2 nitrogen and oxygen atoms in total. The minimum Gasteiger partial charge on any atom is -0.402 e. The Bertz CT molecular complexity index is 205. The smallest absolute Gasteiger partial charge is 0.0300 e. The van der Waals surface area contributed by atoms with Crippen LogP contribution in [0.2, 0.25) is 0 Å². The highest BCUT2D eigenvalue weighted by molar-refractivity contribution is 5.25. The molecule has 0 aromatic carbocycles. The molecule has 2 rings (SSSR count). The average Bonchev–Trinajstić information content (AvgIpc) is 2.76. The van der Waals surface area contributed by atoms with Gasteiger partial charge in [-0.05, 0) is 25.3 Å². The Kier molecular flexibility index (Phi) is 6.66. The van der Waals surface area contributed by atoms with Crippen LogP contribution in [0, 0.1) is 5.92 Å². The van der Waals surface area contributed by atoms with Crippen LogP contribution in [0.25, 0.3) is 0 Å². The van der Waals surface area contributed by atoms with Gasteiger partial charge in [-0.2, -0.15) is 0 Å². The number of nitrogens with two attached hydrogens (primary N) is 1. The van der Waals surface area contributed by atoms with E-state index in [-0.39, 0.29) is 0 Å². The van der Waals surface area contributed by atoms with Gasteiger partial charge in [-0.25, -0.2) is 0 Å². The summed E-state index contributed by atoms with van der Waals surface area (Å²) in [5.74, 6) is 0.550. The van der Waals surface area contributed by atoms with Crippen molar-refractivity contribution in [2.75, 3.05) is 0 Å². The molecule has 0 aliphatic carbocycles. The van der Waals surface area contributed by atoms with Gasteiger partial charge in [0.15, 0.2) is 0 Å².